The lowest BCUT2D eigenvalue weighted by Gasteiger charge is -2.07. The van der Waals surface area contributed by atoms with E-state index >= 15 is 0 Å². The summed E-state index contributed by atoms with van der Waals surface area (Å²) in [5.74, 6) is -0.236. The Morgan fingerprint density at radius 2 is 1.84 bits per heavy atom. The van der Waals surface area contributed by atoms with Crippen molar-refractivity contribution >= 4 is 52.6 Å². The lowest BCUT2D eigenvalue weighted by atomic mass is 10.2. The highest BCUT2D eigenvalue weighted by Crippen LogP contribution is 2.30. The summed E-state index contributed by atoms with van der Waals surface area (Å²) >= 11 is 8.87. The smallest absolute Gasteiger partial charge is 0.252 e. The maximum absolute atomic E-state index is 11.8. The van der Waals surface area contributed by atoms with Crippen molar-refractivity contribution in [2.24, 2.45) is 0 Å². The van der Waals surface area contributed by atoms with Gasteiger partial charge in [-0.2, -0.15) is 0 Å². The van der Waals surface area contributed by atoms with E-state index in [2.05, 4.69) is 53.4 Å². The van der Waals surface area contributed by atoms with Gasteiger partial charge in [0.05, 0.1) is 17.1 Å². The number of nitrogens with zero attached hydrogens (tertiary/aromatic N) is 1. The first-order valence-corrected chi connectivity index (χ1v) is 13.9. The van der Waals surface area contributed by atoms with Gasteiger partial charge in [0.25, 0.3) is 5.91 Å². The molecule has 3 rings (SSSR count). The molecule has 2 aromatic carbocycles. The van der Waals surface area contributed by atoms with Crippen molar-refractivity contribution < 1.29 is 14.7 Å². The number of aliphatic hydroxyl groups excluding tert-OH is 1. The van der Waals surface area contributed by atoms with E-state index in [0.717, 1.165) is 25.2 Å². The molecule has 1 heterocycles. The molecule has 0 aliphatic rings. The van der Waals surface area contributed by atoms with Crippen LogP contribution >= 0.6 is 34.7 Å². The van der Waals surface area contributed by atoms with Crippen molar-refractivity contribution in [1.82, 2.24) is 15.6 Å². The maximum Gasteiger partial charge on any atom is 0.252 e. The monoisotopic (exact) mass is 571 g/mol. The summed E-state index contributed by atoms with van der Waals surface area (Å²) in [6.45, 7) is 11.7. The summed E-state index contributed by atoms with van der Waals surface area (Å²) < 4.78 is 0. The van der Waals surface area contributed by atoms with Gasteiger partial charge in [-0.1, -0.05) is 79.7 Å². The van der Waals surface area contributed by atoms with Gasteiger partial charge in [-0.05, 0) is 44.2 Å². The highest BCUT2D eigenvalue weighted by atomic mass is 35.5. The van der Waals surface area contributed by atoms with Crippen LogP contribution in [0.5, 0.6) is 0 Å². The molecule has 9 heteroatoms. The molecule has 0 aliphatic heterocycles. The average Bonchev–Trinajstić information content (AvgIpc) is 3.41. The zero-order valence-corrected chi connectivity index (χ0v) is 24.6. The maximum atomic E-state index is 11.8. The molecular weight excluding hydrogens is 538 g/mol. The minimum Gasteiger partial charge on any atom is -0.507 e. The van der Waals surface area contributed by atoms with E-state index in [-0.39, 0.29) is 16.7 Å². The average molecular weight is 572 g/mol. The van der Waals surface area contributed by atoms with Gasteiger partial charge in [0, 0.05) is 33.5 Å². The van der Waals surface area contributed by atoms with Gasteiger partial charge in [0.1, 0.15) is 10.8 Å². The normalized spacial score (nSPS) is 10.8. The number of hydrogen-bond donors (Lipinski definition) is 3. The predicted octanol–water partition coefficient (Wildman–Crippen LogP) is 7.52. The summed E-state index contributed by atoms with van der Waals surface area (Å²) in [4.78, 5) is 29.2. The number of aryl methyl sites for hydroxylation is 1. The number of rotatable bonds is 9. The number of carbonyl (C=O) groups is 2. The Balaban J connectivity index is 0.000000357. The van der Waals surface area contributed by atoms with E-state index in [0.29, 0.717) is 18.5 Å². The first kappa shape index (κ1) is 32.7. The molecule has 0 fully saturated rings. The van der Waals surface area contributed by atoms with E-state index in [9.17, 15) is 9.59 Å². The fourth-order valence-corrected chi connectivity index (χ4v) is 4.73. The largest absolute Gasteiger partial charge is 0.507 e. The zero-order chi connectivity index (χ0) is 28.5. The third-order valence-corrected chi connectivity index (χ3v) is 7.09. The quantitative estimate of drug-likeness (QED) is 0.140. The standard InChI is InChI=1S/C15H15NOS.C12H13ClN2O2S.C2H6/c1-11-7-9-12(10-8-11)18-14-6-4-3-5-13(14)15(17)16-2;1-3-9(4-11(13)8(2)17)12-15-6-10(18-12)5-14-7-16;1-2/h3-10H,1-2H3,(H,16,17);3-4,6-7,17H,2,5H2,1H3,(H,14,16);1-2H3/b;9-3+,11-4+;. The Hall–Kier alpha value is -3.33. The van der Waals surface area contributed by atoms with Gasteiger partial charge in [-0.3, -0.25) is 9.59 Å². The second-order valence-electron chi connectivity index (χ2n) is 7.30. The Bertz CT molecular complexity index is 1250. The summed E-state index contributed by atoms with van der Waals surface area (Å²) in [5.41, 5.74) is 2.74. The van der Waals surface area contributed by atoms with E-state index < -0.39 is 0 Å². The number of thiazole rings is 1. The molecule has 0 bridgehead atoms. The van der Waals surface area contributed by atoms with Gasteiger partial charge in [-0.15, -0.1) is 11.3 Å². The second kappa shape index (κ2) is 18.0. The van der Waals surface area contributed by atoms with E-state index in [4.69, 9.17) is 16.7 Å². The van der Waals surface area contributed by atoms with Crippen LogP contribution in [0.4, 0.5) is 0 Å². The van der Waals surface area contributed by atoms with E-state index in [1.807, 2.05) is 51.1 Å². The van der Waals surface area contributed by atoms with Crippen LogP contribution in [0.25, 0.3) is 5.57 Å². The molecule has 6 nitrogen and oxygen atoms in total. The van der Waals surface area contributed by atoms with Crippen LogP contribution in [0.15, 0.2) is 94.0 Å². The van der Waals surface area contributed by atoms with Crippen LogP contribution in [0.1, 0.15) is 46.6 Å². The Labute approximate surface area is 238 Å². The number of nitrogens with one attached hydrogen (secondary N) is 2. The first-order chi connectivity index (χ1) is 18.3. The Morgan fingerprint density at radius 3 is 2.42 bits per heavy atom. The summed E-state index contributed by atoms with van der Waals surface area (Å²) in [5, 5.41) is 15.3. The molecule has 0 atom stereocenters. The third-order valence-electron chi connectivity index (χ3n) is 4.64. The summed E-state index contributed by atoms with van der Waals surface area (Å²) in [6, 6.07) is 15.9. The van der Waals surface area contributed by atoms with Crippen LogP contribution in [0, 0.1) is 6.92 Å². The van der Waals surface area contributed by atoms with Crippen LogP contribution in [-0.2, 0) is 11.3 Å². The lowest BCUT2D eigenvalue weighted by molar-refractivity contribution is -0.109. The van der Waals surface area contributed by atoms with E-state index in [1.165, 1.54) is 16.9 Å². The molecule has 0 saturated carbocycles. The minimum atomic E-state index is -0.185. The van der Waals surface area contributed by atoms with Gasteiger partial charge in [-0.25, -0.2) is 4.98 Å². The highest BCUT2D eigenvalue weighted by molar-refractivity contribution is 7.99. The van der Waals surface area contributed by atoms with Crippen molar-refractivity contribution in [2.75, 3.05) is 7.05 Å². The molecular formula is C29H34ClN3O3S2. The number of benzene rings is 2. The highest BCUT2D eigenvalue weighted by Gasteiger charge is 2.10. The number of aliphatic hydroxyl groups is 1. The van der Waals surface area contributed by atoms with Crippen molar-refractivity contribution in [3.63, 3.8) is 0 Å². The molecule has 0 unspecified atom stereocenters. The number of allylic oxidation sites excluding steroid dienone is 4. The predicted molar refractivity (Wildman–Crippen MR) is 161 cm³/mol. The van der Waals surface area contributed by atoms with E-state index in [1.54, 1.807) is 31.1 Å². The third kappa shape index (κ3) is 11.0. The van der Waals surface area contributed by atoms with Gasteiger partial charge in [0.15, 0.2) is 0 Å². The topological polar surface area (TPSA) is 91.3 Å². The lowest BCUT2D eigenvalue weighted by Crippen LogP contribution is -2.18. The van der Waals surface area contributed by atoms with Gasteiger partial charge >= 0.3 is 0 Å². The van der Waals surface area contributed by atoms with Crippen molar-refractivity contribution in [3.8, 4) is 0 Å². The molecule has 202 valence electrons. The fourth-order valence-electron chi connectivity index (χ4n) is 2.76. The molecule has 38 heavy (non-hydrogen) atoms. The number of amides is 2. The van der Waals surface area contributed by atoms with Crippen molar-refractivity contribution in [1.29, 1.82) is 0 Å². The second-order valence-corrected chi connectivity index (χ2v) is 9.94. The molecule has 0 spiro atoms. The zero-order valence-electron chi connectivity index (χ0n) is 22.2. The van der Waals surface area contributed by atoms with Crippen molar-refractivity contribution in [3.05, 3.63) is 105 Å². The number of hydrogen-bond acceptors (Lipinski definition) is 6. The minimum absolute atomic E-state index is 0.0507. The van der Waals surface area contributed by atoms with Crippen LogP contribution in [0.3, 0.4) is 0 Å². The molecule has 3 N–H and O–H groups in total. The fraction of sp³-hybridized carbons (Fsp3) is 0.207. The Morgan fingerprint density at radius 1 is 1.18 bits per heavy atom. The summed E-state index contributed by atoms with van der Waals surface area (Å²) in [6.07, 6.45) is 5.76. The number of halogens is 1. The van der Waals surface area contributed by atoms with Crippen LogP contribution in [0.2, 0.25) is 0 Å². The molecule has 0 radical (unpaired) electrons. The van der Waals surface area contributed by atoms with Crippen LogP contribution in [-0.4, -0.2) is 29.5 Å². The summed E-state index contributed by atoms with van der Waals surface area (Å²) in [7, 11) is 1.65. The molecule has 1 aromatic heterocycles. The number of carbonyl (C=O) groups excluding carboxylic acids is 2. The Kier molecular flexibility index (Phi) is 15.5. The number of aromatic nitrogens is 1. The van der Waals surface area contributed by atoms with Crippen LogP contribution < -0.4 is 10.6 Å². The molecule has 2 amide bonds. The molecule has 0 saturated heterocycles. The van der Waals surface area contributed by atoms with Gasteiger partial charge in [0.2, 0.25) is 6.41 Å². The first-order valence-electron chi connectivity index (χ1n) is 11.9. The van der Waals surface area contributed by atoms with Gasteiger partial charge < -0.3 is 15.7 Å². The molecule has 3 aromatic rings. The van der Waals surface area contributed by atoms with Crippen molar-refractivity contribution in [2.45, 2.75) is 44.0 Å². The molecule has 0 aliphatic carbocycles. The SMILES string of the molecule is C=C(O)/C(Cl)=C\C(=C/C)c1ncc(CNC=O)s1.CC.CNC(=O)c1ccccc1Sc1ccc(C)cc1.